The topological polar surface area (TPSA) is 237 Å². The van der Waals surface area contributed by atoms with Crippen LogP contribution in [0.15, 0.2) is 0 Å². The van der Waals surface area contributed by atoms with Crippen LogP contribution in [0, 0.1) is 17.8 Å². The lowest BCUT2D eigenvalue weighted by atomic mass is 10.0. The molecule has 2 unspecified atom stereocenters. The van der Waals surface area contributed by atoms with Crippen LogP contribution >= 0.6 is 15.6 Å². The molecule has 19 heteroatoms. The second-order valence-corrected chi connectivity index (χ2v) is 32.1. The Kier molecular flexibility index (Phi) is 66.2. The number of phosphoric acid groups is 2. The quantitative estimate of drug-likeness (QED) is 0.0222. The van der Waals surface area contributed by atoms with Gasteiger partial charge in [0.1, 0.15) is 19.3 Å². The SMILES string of the molecule is CCCCCCCCCCCCC(=O)OC[C@H](COP(=O)(O)OC[C@H](O)COP(=O)(O)OC[C@@H](COC(=O)CCCCCCCCCCCCCCCC(C)C)OC(=O)CCCCCCCCCCCCCCCCCCC(C)C)OC(=O)CCCCCCCCCCC(C)C. The highest BCUT2D eigenvalue weighted by Crippen LogP contribution is 2.45. The molecule has 0 amide bonds. The van der Waals surface area contributed by atoms with Crippen LogP contribution < -0.4 is 0 Å². The van der Waals surface area contributed by atoms with Crippen molar-refractivity contribution in [3.63, 3.8) is 0 Å². The Morgan fingerprint density at radius 2 is 0.479 bits per heavy atom. The van der Waals surface area contributed by atoms with Crippen molar-refractivity contribution in [1.29, 1.82) is 0 Å². The first-order chi connectivity index (χ1) is 46.2. The Labute approximate surface area is 588 Å². The number of carbonyl (C=O) groups excluding carboxylic acids is 4. The van der Waals surface area contributed by atoms with E-state index in [4.69, 9.17) is 37.0 Å². The molecule has 570 valence electrons. The molecule has 0 aromatic heterocycles. The van der Waals surface area contributed by atoms with Gasteiger partial charge in [-0.25, -0.2) is 9.13 Å². The van der Waals surface area contributed by atoms with Crippen molar-refractivity contribution in [2.75, 3.05) is 39.6 Å². The summed E-state index contributed by atoms with van der Waals surface area (Å²) in [7, 11) is -9.91. The molecule has 0 aromatic rings. The van der Waals surface area contributed by atoms with Gasteiger partial charge in [-0.1, -0.05) is 344 Å². The summed E-state index contributed by atoms with van der Waals surface area (Å²) in [5.74, 6) is 0.201. The van der Waals surface area contributed by atoms with Crippen LogP contribution in [0.3, 0.4) is 0 Å². The molecular weight excluding hydrogens is 1260 g/mol. The van der Waals surface area contributed by atoms with E-state index in [0.29, 0.717) is 25.7 Å². The Hall–Kier alpha value is -1.94. The van der Waals surface area contributed by atoms with Crippen LogP contribution in [0.5, 0.6) is 0 Å². The number of rotatable bonds is 75. The van der Waals surface area contributed by atoms with E-state index in [-0.39, 0.29) is 25.7 Å². The monoisotopic (exact) mass is 1410 g/mol. The van der Waals surface area contributed by atoms with Crippen molar-refractivity contribution in [3.05, 3.63) is 0 Å². The largest absolute Gasteiger partial charge is 0.472 e. The number of carbonyl (C=O) groups is 4. The number of phosphoric ester groups is 2. The molecule has 5 atom stereocenters. The molecule has 0 aliphatic heterocycles. The van der Waals surface area contributed by atoms with Crippen molar-refractivity contribution >= 4 is 39.5 Å². The number of hydrogen-bond donors (Lipinski definition) is 3. The third-order valence-corrected chi connectivity index (χ3v) is 19.8. The highest BCUT2D eigenvalue weighted by atomic mass is 31.2. The fourth-order valence-corrected chi connectivity index (χ4v) is 13.4. The van der Waals surface area contributed by atoms with Crippen LogP contribution in [-0.4, -0.2) is 96.7 Å². The molecule has 0 saturated heterocycles. The molecule has 0 aromatic carbocycles. The molecular formula is C77H150O17P2. The molecule has 96 heavy (non-hydrogen) atoms. The molecule has 0 heterocycles. The van der Waals surface area contributed by atoms with Crippen molar-refractivity contribution in [2.24, 2.45) is 17.8 Å². The summed E-state index contributed by atoms with van der Waals surface area (Å²) in [5.41, 5.74) is 0. The van der Waals surface area contributed by atoms with Gasteiger partial charge >= 0.3 is 39.5 Å². The highest BCUT2D eigenvalue weighted by Gasteiger charge is 2.30. The van der Waals surface area contributed by atoms with E-state index < -0.39 is 97.5 Å². The van der Waals surface area contributed by atoms with E-state index in [1.807, 2.05) is 0 Å². The van der Waals surface area contributed by atoms with Crippen molar-refractivity contribution in [3.8, 4) is 0 Å². The van der Waals surface area contributed by atoms with Crippen LogP contribution in [-0.2, 0) is 65.4 Å². The van der Waals surface area contributed by atoms with Crippen molar-refractivity contribution < 1.29 is 80.2 Å². The molecule has 0 fully saturated rings. The zero-order valence-corrected chi connectivity index (χ0v) is 64.6. The average Bonchev–Trinajstić information content (AvgIpc) is 2.48. The Bertz CT molecular complexity index is 1870. The number of hydrogen-bond acceptors (Lipinski definition) is 15. The second-order valence-electron chi connectivity index (χ2n) is 29.2. The lowest BCUT2D eigenvalue weighted by molar-refractivity contribution is -0.161. The number of esters is 4. The van der Waals surface area contributed by atoms with E-state index in [1.54, 1.807) is 0 Å². The molecule has 0 rings (SSSR count). The zero-order valence-electron chi connectivity index (χ0n) is 62.8. The fourth-order valence-electron chi connectivity index (χ4n) is 11.8. The van der Waals surface area contributed by atoms with E-state index in [1.165, 1.54) is 205 Å². The number of aliphatic hydroxyl groups is 1. The standard InChI is InChI=1S/C77H150O17P2/c1-8-9-10-11-12-13-29-37-44-51-58-74(79)87-65-73(94-77(82)61-54-47-40-33-32-36-43-50-57-70(6)7)67-92-96(85,86)90-63-71(78)62-89-95(83,84)91-66-72(64-88-75(80)59-52-45-38-30-25-22-18-20-24-28-35-42-49-56-69(4)5)93-76(81)60-53-46-39-31-26-21-17-15-14-16-19-23-27-34-41-48-55-68(2)3/h68-73,78H,8-67H2,1-7H3,(H,83,84)(H,85,86)/t71-,72-,73-/m1/s1. The molecule has 0 saturated carbocycles. The number of aliphatic hydroxyl groups excluding tert-OH is 1. The van der Waals surface area contributed by atoms with E-state index in [0.717, 1.165) is 108 Å². The summed E-state index contributed by atoms with van der Waals surface area (Å²) in [6, 6.07) is 0. The van der Waals surface area contributed by atoms with Gasteiger partial charge in [0.25, 0.3) is 0 Å². The van der Waals surface area contributed by atoms with Crippen LogP contribution in [0.2, 0.25) is 0 Å². The average molecular weight is 1410 g/mol. The second kappa shape index (κ2) is 67.5. The summed E-state index contributed by atoms with van der Waals surface area (Å²) in [6.45, 7) is 11.9. The van der Waals surface area contributed by atoms with Gasteiger partial charge in [0.15, 0.2) is 12.2 Å². The molecule has 0 bridgehead atoms. The summed E-state index contributed by atoms with van der Waals surface area (Å²) in [4.78, 5) is 72.8. The van der Waals surface area contributed by atoms with E-state index in [2.05, 4.69) is 48.5 Å². The molecule has 17 nitrogen and oxygen atoms in total. The first kappa shape index (κ1) is 94.1. The van der Waals surface area contributed by atoms with Gasteiger partial charge in [0.05, 0.1) is 26.4 Å². The number of unbranched alkanes of at least 4 members (excludes halogenated alkanes) is 43. The first-order valence-electron chi connectivity index (χ1n) is 39.8. The minimum Gasteiger partial charge on any atom is -0.462 e. The summed E-state index contributed by atoms with van der Waals surface area (Å²) >= 11 is 0. The first-order valence-corrected chi connectivity index (χ1v) is 42.8. The Morgan fingerprint density at radius 1 is 0.281 bits per heavy atom. The minimum atomic E-state index is -4.96. The van der Waals surface area contributed by atoms with Gasteiger partial charge in [-0.3, -0.25) is 37.3 Å². The molecule has 0 radical (unpaired) electrons. The molecule has 0 aliphatic rings. The maximum Gasteiger partial charge on any atom is 0.472 e. The predicted molar refractivity (Wildman–Crippen MR) is 391 cm³/mol. The van der Waals surface area contributed by atoms with Gasteiger partial charge in [-0.05, 0) is 43.4 Å². The fraction of sp³-hybridized carbons (Fsp3) is 0.948. The van der Waals surface area contributed by atoms with Gasteiger partial charge < -0.3 is 33.8 Å². The predicted octanol–water partition coefficient (Wildman–Crippen LogP) is 22.6. The Balaban J connectivity index is 5.23. The lowest BCUT2D eigenvalue weighted by Gasteiger charge is -2.21. The third kappa shape index (κ3) is 70.5. The van der Waals surface area contributed by atoms with Gasteiger partial charge in [0.2, 0.25) is 0 Å². The Morgan fingerprint density at radius 3 is 0.708 bits per heavy atom. The van der Waals surface area contributed by atoms with Gasteiger partial charge in [0, 0.05) is 25.7 Å². The maximum absolute atomic E-state index is 13.1. The minimum absolute atomic E-state index is 0.105. The molecule has 0 spiro atoms. The summed E-state index contributed by atoms with van der Waals surface area (Å²) in [6.07, 6.45) is 54.1. The maximum atomic E-state index is 13.1. The van der Waals surface area contributed by atoms with E-state index >= 15 is 0 Å². The lowest BCUT2D eigenvalue weighted by Crippen LogP contribution is -2.30. The summed E-state index contributed by atoms with van der Waals surface area (Å²) in [5, 5.41) is 10.6. The van der Waals surface area contributed by atoms with Gasteiger partial charge in [-0.15, -0.1) is 0 Å². The van der Waals surface area contributed by atoms with Crippen LogP contribution in [0.4, 0.5) is 0 Å². The van der Waals surface area contributed by atoms with Crippen LogP contribution in [0.1, 0.15) is 395 Å². The normalized spacial score (nSPS) is 14.1. The smallest absolute Gasteiger partial charge is 0.462 e. The van der Waals surface area contributed by atoms with Crippen molar-refractivity contribution in [1.82, 2.24) is 0 Å². The zero-order chi connectivity index (χ0) is 70.9. The summed E-state index contributed by atoms with van der Waals surface area (Å²) < 4.78 is 68.5. The van der Waals surface area contributed by atoms with Gasteiger partial charge in [-0.2, -0.15) is 0 Å². The van der Waals surface area contributed by atoms with Crippen LogP contribution in [0.25, 0.3) is 0 Å². The number of ether oxygens (including phenoxy) is 4. The van der Waals surface area contributed by atoms with E-state index in [9.17, 15) is 43.2 Å². The highest BCUT2D eigenvalue weighted by molar-refractivity contribution is 7.47. The molecule has 0 aliphatic carbocycles. The molecule has 3 N–H and O–H groups in total. The van der Waals surface area contributed by atoms with Crippen molar-refractivity contribution in [2.45, 2.75) is 414 Å². The third-order valence-electron chi connectivity index (χ3n) is 17.9.